The van der Waals surface area contributed by atoms with Gasteiger partial charge in [0.2, 0.25) is 0 Å². The van der Waals surface area contributed by atoms with Crippen LogP contribution in [0.4, 0.5) is 0 Å². The zero-order chi connectivity index (χ0) is 10.9. The van der Waals surface area contributed by atoms with E-state index in [2.05, 4.69) is 5.32 Å². The molecule has 0 bridgehead atoms. The van der Waals surface area contributed by atoms with Crippen molar-refractivity contribution in [3.63, 3.8) is 0 Å². The fourth-order valence-electron chi connectivity index (χ4n) is 1.95. The molecule has 1 aliphatic rings. The van der Waals surface area contributed by atoms with Gasteiger partial charge in [-0.2, -0.15) is 0 Å². The third-order valence-corrected chi connectivity index (χ3v) is 3.12. The lowest BCUT2D eigenvalue weighted by atomic mass is 9.78. The maximum atomic E-state index is 10.8. The van der Waals surface area contributed by atoms with E-state index in [0.29, 0.717) is 5.02 Å². The third-order valence-electron chi connectivity index (χ3n) is 2.86. The summed E-state index contributed by atoms with van der Waals surface area (Å²) in [6.07, 6.45) is 0.982. The highest BCUT2D eigenvalue weighted by atomic mass is 35.5. The Bertz CT molecular complexity index is 371. The molecule has 0 radical (unpaired) electrons. The molecule has 0 spiro atoms. The largest absolute Gasteiger partial charge is 0.481 e. The zero-order valence-electron chi connectivity index (χ0n) is 8.16. The van der Waals surface area contributed by atoms with E-state index in [1.807, 2.05) is 12.1 Å². The molecule has 1 aromatic rings. The van der Waals surface area contributed by atoms with Crippen LogP contribution in [0.1, 0.15) is 18.4 Å². The highest BCUT2D eigenvalue weighted by Crippen LogP contribution is 2.35. The molecule has 0 amide bonds. The smallest absolute Gasteiger partial charge is 0.305 e. The molecule has 2 rings (SSSR count). The zero-order valence-corrected chi connectivity index (χ0v) is 8.92. The summed E-state index contributed by atoms with van der Waals surface area (Å²) >= 11 is 5.79. The first-order valence-corrected chi connectivity index (χ1v) is 5.23. The predicted molar refractivity (Wildman–Crippen MR) is 58.0 cm³/mol. The fourth-order valence-corrected chi connectivity index (χ4v) is 2.08. The van der Waals surface area contributed by atoms with E-state index in [4.69, 9.17) is 16.7 Å². The molecule has 1 heterocycles. The molecule has 2 N–H and O–H groups in total. The summed E-state index contributed by atoms with van der Waals surface area (Å²) in [4.78, 5) is 10.8. The van der Waals surface area contributed by atoms with Crippen LogP contribution in [-0.4, -0.2) is 17.6 Å². The van der Waals surface area contributed by atoms with Crippen LogP contribution in [-0.2, 0) is 10.3 Å². The molecule has 1 saturated heterocycles. The first kappa shape index (κ1) is 10.5. The van der Waals surface area contributed by atoms with Gasteiger partial charge in [-0.15, -0.1) is 0 Å². The van der Waals surface area contributed by atoms with Crippen molar-refractivity contribution in [2.24, 2.45) is 0 Å². The molecular weight excluding hydrogens is 214 g/mol. The van der Waals surface area contributed by atoms with Gasteiger partial charge in [0.05, 0.1) is 12.0 Å². The number of nitrogens with one attached hydrogen (secondary N) is 1. The van der Waals surface area contributed by atoms with Crippen LogP contribution >= 0.6 is 11.6 Å². The Labute approximate surface area is 93.1 Å². The molecule has 0 saturated carbocycles. The number of halogens is 1. The van der Waals surface area contributed by atoms with Gasteiger partial charge in [-0.3, -0.25) is 4.79 Å². The van der Waals surface area contributed by atoms with Gasteiger partial charge in [-0.25, -0.2) is 0 Å². The number of benzene rings is 1. The van der Waals surface area contributed by atoms with Crippen molar-refractivity contribution in [1.29, 1.82) is 0 Å². The first-order chi connectivity index (χ1) is 7.12. The average Bonchev–Trinajstić information content (AvgIpc) is 2.13. The van der Waals surface area contributed by atoms with Gasteiger partial charge < -0.3 is 10.4 Å². The number of aliphatic carboxylic acids is 1. The summed E-state index contributed by atoms with van der Waals surface area (Å²) in [5.74, 6) is -0.780. The van der Waals surface area contributed by atoms with E-state index < -0.39 is 5.97 Å². The molecule has 15 heavy (non-hydrogen) atoms. The molecule has 1 atom stereocenters. The summed E-state index contributed by atoms with van der Waals surface area (Å²) < 4.78 is 0. The average molecular weight is 226 g/mol. The van der Waals surface area contributed by atoms with Gasteiger partial charge in [0.1, 0.15) is 0 Å². The van der Waals surface area contributed by atoms with Crippen molar-refractivity contribution in [1.82, 2.24) is 5.32 Å². The van der Waals surface area contributed by atoms with E-state index in [0.717, 1.165) is 18.5 Å². The van der Waals surface area contributed by atoms with E-state index in [-0.39, 0.29) is 12.0 Å². The lowest BCUT2D eigenvalue weighted by molar-refractivity contribution is -0.139. The van der Waals surface area contributed by atoms with Gasteiger partial charge in [-0.05, 0) is 30.7 Å². The molecule has 80 valence electrons. The second-order valence-electron chi connectivity index (χ2n) is 3.84. The van der Waals surface area contributed by atoms with E-state index in [1.54, 1.807) is 12.1 Å². The Hall–Kier alpha value is -1.06. The molecule has 4 heteroatoms. The van der Waals surface area contributed by atoms with Crippen LogP contribution in [0.3, 0.4) is 0 Å². The Morgan fingerprint density at radius 1 is 1.47 bits per heavy atom. The van der Waals surface area contributed by atoms with E-state index in [1.165, 1.54) is 0 Å². The topological polar surface area (TPSA) is 49.3 Å². The van der Waals surface area contributed by atoms with Crippen LogP contribution in [0, 0.1) is 0 Å². The van der Waals surface area contributed by atoms with Crippen molar-refractivity contribution >= 4 is 17.6 Å². The number of carbonyl (C=O) groups is 1. The second kappa shape index (κ2) is 3.83. The van der Waals surface area contributed by atoms with Gasteiger partial charge in [-0.1, -0.05) is 23.7 Å². The molecule has 1 aromatic carbocycles. The van der Waals surface area contributed by atoms with E-state index >= 15 is 0 Å². The number of carboxylic acid groups (broad SMARTS) is 1. The van der Waals surface area contributed by atoms with Crippen molar-refractivity contribution in [3.05, 3.63) is 34.9 Å². The third kappa shape index (κ3) is 1.98. The van der Waals surface area contributed by atoms with Crippen LogP contribution in [0.25, 0.3) is 0 Å². The number of hydrogen-bond donors (Lipinski definition) is 2. The summed E-state index contributed by atoms with van der Waals surface area (Å²) in [5.41, 5.74) is 0.622. The molecule has 0 aliphatic carbocycles. The Morgan fingerprint density at radius 2 is 2.07 bits per heavy atom. The fraction of sp³-hybridized carbons (Fsp3) is 0.364. The summed E-state index contributed by atoms with van der Waals surface area (Å²) in [5, 5.41) is 12.7. The Morgan fingerprint density at radius 3 is 2.47 bits per heavy atom. The van der Waals surface area contributed by atoms with Crippen molar-refractivity contribution in [2.45, 2.75) is 18.4 Å². The van der Waals surface area contributed by atoms with Crippen molar-refractivity contribution in [3.8, 4) is 0 Å². The van der Waals surface area contributed by atoms with Crippen LogP contribution in [0.5, 0.6) is 0 Å². The standard InChI is InChI=1S/C11H12ClNO2/c12-9-3-1-8(2-4-9)11(5-6-13-11)7-10(14)15/h1-4,13H,5-7H2,(H,14,15). The first-order valence-electron chi connectivity index (χ1n) is 4.85. The van der Waals surface area contributed by atoms with Crippen LogP contribution in [0.15, 0.2) is 24.3 Å². The number of rotatable bonds is 3. The minimum atomic E-state index is -0.780. The van der Waals surface area contributed by atoms with Gasteiger partial charge >= 0.3 is 5.97 Å². The Kier molecular flexibility index (Phi) is 2.67. The molecule has 3 nitrogen and oxygen atoms in total. The second-order valence-corrected chi connectivity index (χ2v) is 4.27. The normalized spacial score (nSPS) is 24.6. The maximum absolute atomic E-state index is 10.8. The molecule has 1 aliphatic heterocycles. The predicted octanol–water partition coefficient (Wildman–Crippen LogP) is 2.00. The van der Waals surface area contributed by atoms with E-state index in [9.17, 15) is 4.79 Å². The summed E-state index contributed by atoms with van der Waals surface area (Å²) in [7, 11) is 0. The summed E-state index contributed by atoms with van der Waals surface area (Å²) in [6.45, 7) is 0.871. The monoisotopic (exact) mass is 225 g/mol. The van der Waals surface area contributed by atoms with Gasteiger partial charge in [0, 0.05) is 5.02 Å². The van der Waals surface area contributed by atoms with Gasteiger partial charge in [0.15, 0.2) is 0 Å². The number of carboxylic acids is 1. The lowest BCUT2D eigenvalue weighted by Gasteiger charge is -2.42. The van der Waals surface area contributed by atoms with Crippen molar-refractivity contribution in [2.75, 3.05) is 6.54 Å². The highest BCUT2D eigenvalue weighted by molar-refractivity contribution is 6.30. The van der Waals surface area contributed by atoms with Gasteiger partial charge in [0.25, 0.3) is 0 Å². The van der Waals surface area contributed by atoms with Crippen molar-refractivity contribution < 1.29 is 9.90 Å². The van der Waals surface area contributed by atoms with Crippen LogP contribution < -0.4 is 5.32 Å². The molecule has 1 fully saturated rings. The quantitative estimate of drug-likeness (QED) is 0.827. The minimum absolute atomic E-state index is 0.120. The highest BCUT2D eigenvalue weighted by Gasteiger charge is 2.40. The van der Waals surface area contributed by atoms with Crippen LogP contribution in [0.2, 0.25) is 5.02 Å². The maximum Gasteiger partial charge on any atom is 0.305 e. The molecule has 1 unspecified atom stereocenters. The molecular formula is C11H12ClNO2. The summed E-state index contributed by atoms with van der Waals surface area (Å²) in [6, 6.07) is 7.36. The minimum Gasteiger partial charge on any atom is -0.481 e. The number of hydrogen-bond acceptors (Lipinski definition) is 2. The SMILES string of the molecule is O=C(O)CC1(c2ccc(Cl)cc2)CCN1. The molecule has 0 aromatic heterocycles. The lowest BCUT2D eigenvalue weighted by Crippen LogP contribution is -2.55. The Balaban J connectivity index is 2.26.